The second-order valence-corrected chi connectivity index (χ2v) is 7.90. The summed E-state index contributed by atoms with van der Waals surface area (Å²) in [7, 11) is 2.09. The maximum absolute atomic E-state index is 11.4. The molecule has 4 rings (SSSR count). The highest BCUT2D eigenvalue weighted by atomic mass is 16.4. The molecule has 2 aromatic carbocycles. The summed E-state index contributed by atoms with van der Waals surface area (Å²) >= 11 is 0. The lowest BCUT2D eigenvalue weighted by Gasteiger charge is -2.21. The zero-order valence-corrected chi connectivity index (χ0v) is 17.9. The highest BCUT2D eigenvalue weighted by molar-refractivity contribution is 5.93. The number of carboxylic acids is 1. The molecular weight excluding hydrogens is 388 g/mol. The van der Waals surface area contributed by atoms with Crippen LogP contribution >= 0.6 is 0 Å². The summed E-state index contributed by atoms with van der Waals surface area (Å²) in [4.78, 5) is 17.6. The van der Waals surface area contributed by atoms with Crippen molar-refractivity contribution in [2.45, 2.75) is 32.4 Å². The van der Waals surface area contributed by atoms with Crippen LogP contribution in [0.4, 0.5) is 17.1 Å². The molecule has 0 spiro atoms. The number of hydrogen-bond acceptors (Lipinski definition) is 5. The largest absolute Gasteiger partial charge is 0.478 e. The van der Waals surface area contributed by atoms with Gasteiger partial charge in [0.05, 0.1) is 23.5 Å². The summed E-state index contributed by atoms with van der Waals surface area (Å²) in [5, 5.41) is 16.1. The Hall–Kier alpha value is -3.38. The zero-order valence-electron chi connectivity index (χ0n) is 17.9. The minimum atomic E-state index is -0.958. The van der Waals surface area contributed by atoms with E-state index >= 15 is 0 Å². The van der Waals surface area contributed by atoms with E-state index in [1.54, 1.807) is 6.20 Å². The summed E-state index contributed by atoms with van der Waals surface area (Å²) in [5.41, 5.74) is 6.96. The first kappa shape index (κ1) is 20.9. The molecule has 1 aliphatic heterocycles. The minimum Gasteiger partial charge on any atom is -0.478 e. The van der Waals surface area contributed by atoms with E-state index in [0.29, 0.717) is 12.2 Å². The number of fused-ring (bicyclic) bond motifs is 1. The molecule has 1 aromatic heterocycles. The fourth-order valence-electron chi connectivity index (χ4n) is 4.08. The van der Waals surface area contributed by atoms with E-state index < -0.39 is 5.97 Å². The molecule has 0 radical (unpaired) electrons. The second kappa shape index (κ2) is 9.18. The Morgan fingerprint density at radius 2 is 1.97 bits per heavy atom. The van der Waals surface area contributed by atoms with E-state index in [1.807, 2.05) is 0 Å². The Balaban J connectivity index is 1.46. The van der Waals surface area contributed by atoms with E-state index in [1.165, 1.54) is 34.6 Å². The zero-order chi connectivity index (χ0) is 21.8. The van der Waals surface area contributed by atoms with Crippen molar-refractivity contribution in [2.75, 3.05) is 23.8 Å². The van der Waals surface area contributed by atoms with Crippen molar-refractivity contribution in [1.82, 2.24) is 10.3 Å². The first-order valence-electron chi connectivity index (χ1n) is 10.7. The van der Waals surface area contributed by atoms with Crippen LogP contribution in [0.15, 0.2) is 60.9 Å². The lowest BCUT2D eigenvalue weighted by Crippen LogP contribution is -2.22. The summed E-state index contributed by atoms with van der Waals surface area (Å²) < 4.78 is 0. The Labute approximate surface area is 182 Å². The molecule has 6 nitrogen and oxygen atoms in total. The van der Waals surface area contributed by atoms with E-state index in [4.69, 9.17) is 0 Å². The van der Waals surface area contributed by atoms with E-state index in [9.17, 15) is 9.90 Å². The molecule has 1 aliphatic rings. The van der Waals surface area contributed by atoms with Gasteiger partial charge in [-0.15, -0.1) is 0 Å². The standard InChI is InChI=1S/C25H28N4O2/c1-3-4-17-5-7-19(8-6-17)29(2)20-9-10-21-18(13-20)14-27-24(21)16-28-23-15-26-12-11-22(23)25(30)31/h5-13,15,24,27-28H,3-4,14,16H2,1-2H3,(H,30,31)/t24-/m0/s1. The van der Waals surface area contributed by atoms with Crippen LogP contribution in [-0.4, -0.2) is 29.7 Å². The van der Waals surface area contributed by atoms with Crippen LogP contribution in [0.1, 0.15) is 46.4 Å². The molecule has 0 amide bonds. The number of benzene rings is 2. The van der Waals surface area contributed by atoms with Crippen molar-refractivity contribution in [3.63, 3.8) is 0 Å². The average molecular weight is 417 g/mol. The van der Waals surface area contributed by atoms with Gasteiger partial charge in [-0.25, -0.2) is 4.79 Å². The van der Waals surface area contributed by atoms with Crippen LogP contribution in [0.5, 0.6) is 0 Å². The molecule has 0 saturated carbocycles. The van der Waals surface area contributed by atoms with Gasteiger partial charge in [0.25, 0.3) is 0 Å². The fourth-order valence-corrected chi connectivity index (χ4v) is 4.08. The number of carboxylic acid groups (broad SMARTS) is 1. The SMILES string of the molecule is CCCc1ccc(N(C)c2ccc3c(c2)CN[C@H]3CNc2cnccc2C(=O)O)cc1. The molecule has 31 heavy (non-hydrogen) atoms. The molecule has 0 unspecified atom stereocenters. The van der Waals surface area contributed by atoms with Gasteiger partial charge >= 0.3 is 5.97 Å². The topological polar surface area (TPSA) is 77.5 Å². The van der Waals surface area contributed by atoms with Gasteiger partial charge in [-0.05, 0) is 53.4 Å². The van der Waals surface area contributed by atoms with Gasteiger partial charge < -0.3 is 20.6 Å². The number of rotatable bonds is 8. The third-order valence-electron chi connectivity index (χ3n) is 5.84. The molecule has 0 aliphatic carbocycles. The lowest BCUT2D eigenvalue weighted by molar-refractivity contribution is 0.0697. The molecule has 1 atom stereocenters. The molecule has 3 N–H and O–H groups in total. The smallest absolute Gasteiger partial charge is 0.337 e. The molecule has 6 heteroatoms. The van der Waals surface area contributed by atoms with E-state index in [-0.39, 0.29) is 11.6 Å². The molecule has 3 aromatic rings. The fraction of sp³-hybridized carbons (Fsp3) is 0.280. The number of aromatic carboxylic acids is 1. The normalized spacial score (nSPS) is 14.8. The van der Waals surface area contributed by atoms with Crippen molar-refractivity contribution in [1.29, 1.82) is 0 Å². The number of nitrogens with one attached hydrogen (secondary N) is 2. The summed E-state index contributed by atoms with van der Waals surface area (Å²) in [6.07, 6.45) is 5.31. The van der Waals surface area contributed by atoms with Crippen LogP contribution in [0.2, 0.25) is 0 Å². The predicted molar refractivity (Wildman–Crippen MR) is 124 cm³/mol. The summed E-state index contributed by atoms with van der Waals surface area (Å²) in [6, 6.07) is 16.9. The Bertz CT molecular complexity index is 1070. The van der Waals surface area contributed by atoms with Gasteiger partial charge in [0.1, 0.15) is 0 Å². The van der Waals surface area contributed by atoms with Gasteiger partial charge in [0, 0.05) is 37.7 Å². The third kappa shape index (κ3) is 4.54. The quantitative estimate of drug-likeness (QED) is 0.492. The number of aryl methyl sites for hydroxylation is 1. The maximum Gasteiger partial charge on any atom is 0.337 e. The molecule has 2 heterocycles. The van der Waals surface area contributed by atoms with Crippen molar-refractivity contribution in [3.05, 3.63) is 83.2 Å². The highest BCUT2D eigenvalue weighted by Gasteiger charge is 2.23. The molecule has 0 saturated heterocycles. The lowest BCUT2D eigenvalue weighted by atomic mass is 10.0. The van der Waals surface area contributed by atoms with Gasteiger partial charge in [-0.2, -0.15) is 0 Å². The van der Waals surface area contributed by atoms with Crippen molar-refractivity contribution < 1.29 is 9.90 Å². The first-order chi connectivity index (χ1) is 15.1. The number of carbonyl (C=O) groups is 1. The van der Waals surface area contributed by atoms with Crippen LogP contribution < -0.4 is 15.5 Å². The molecule has 0 fully saturated rings. The van der Waals surface area contributed by atoms with E-state index in [0.717, 1.165) is 25.1 Å². The Kier molecular flexibility index (Phi) is 6.18. The van der Waals surface area contributed by atoms with Gasteiger partial charge in [-0.1, -0.05) is 31.5 Å². The average Bonchev–Trinajstić information content (AvgIpc) is 3.20. The number of aromatic nitrogens is 1. The number of nitrogens with zero attached hydrogens (tertiary/aromatic N) is 2. The van der Waals surface area contributed by atoms with Crippen molar-refractivity contribution in [3.8, 4) is 0 Å². The van der Waals surface area contributed by atoms with Crippen LogP contribution in [-0.2, 0) is 13.0 Å². The monoisotopic (exact) mass is 416 g/mol. The third-order valence-corrected chi connectivity index (χ3v) is 5.84. The molecular formula is C25H28N4O2. The second-order valence-electron chi connectivity index (χ2n) is 7.90. The highest BCUT2D eigenvalue weighted by Crippen LogP contribution is 2.32. The predicted octanol–water partition coefficient (Wildman–Crippen LogP) is 4.76. The minimum absolute atomic E-state index is 0.115. The van der Waals surface area contributed by atoms with Gasteiger partial charge in [-0.3, -0.25) is 4.98 Å². The van der Waals surface area contributed by atoms with Crippen molar-refractivity contribution >= 4 is 23.0 Å². The Morgan fingerprint density at radius 3 is 2.71 bits per heavy atom. The molecule has 160 valence electrons. The summed E-state index contributed by atoms with van der Waals surface area (Å²) in [6.45, 7) is 3.58. The van der Waals surface area contributed by atoms with Crippen molar-refractivity contribution in [2.24, 2.45) is 0 Å². The van der Waals surface area contributed by atoms with Crippen LogP contribution in [0, 0.1) is 0 Å². The van der Waals surface area contributed by atoms with Gasteiger partial charge in [0.2, 0.25) is 0 Å². The maximum atomic E-state index is 11.4. The van der Waals surface area contributed by atoms with Crippen LogP contribution in [0.3, 0.4) is 0 Å². The van der Waals surface area contributed by atoms with Crippen LogP contribution in [0.25, 0.3) is 0 Å². The first-order valence-corrected chi connectivity index (χ1v) is 10.7. The number of anilines is 3. The number of pyridine rings is 1. The molecule has 0 bridgehead atoms. The van der Waals surface area contributed by atoms with Gasteiger partial charge in [0.15, 0.2) is 0 Å². The van der Waals surface area contributed by atoms with E-state index in [2.05, 4.69) is 77.0 Å². The Morgan fingerprint density at radius 1 is 1.19 bits per heavy atom. The number of hydrogen-bond donors (Lipinski definition) is 3. The summed E-state index contributed by atoms with van der Waals surface area (Å²) in [5.74, 6) is -0.958.